The maximum atomic E-state index is 12.6. The Bertz CT molecular complexity index is 636. The summed E-state index contributed by atoms with van der Waals surface area (Å²) in [4.78, 5) is 33.1. The van der Waals surface area contributed by atoms with Gasteiger partial charge < -0.3 is 10.2 Å². The van der Waals surface area contributed by atoms with Crippen LogP contribution in [-0.4, -0.2) is 65.4 Å². The highest BCUT2D eigenvalue weighted by atomic mass is 16.2. The van der Waals surface area contributed by atoms with Crippen molar-refractivity contribution in [3.63, 3.8) is 0 Å². The lowest BCUT2D eigenvalue weighted by molar-refractivity contribution is -0.124. The molecule has 6 nitrogen and oxygen atoms in total. The molecule has 0 spiro atoms. The Hall–Kier alpha value is -1.95. The summed E-state index contributed by atoms with van der Waals surface area (Å²) >= 11 is 0. The van der Waals surface area contributed by atoms with Crippen LogP contribution in [0, 0.1) is 5.92 Å². The van der Waals surface area contributed by atoms with E-state index >= 15 is 0 Å². The van der Waals surface area contributed by atoms with Gasteiger partial charge in [-0.1, -0.05) is 13.0 Å². The fourth-order valence-corrected chi connectivity index (χ4v) is 4.52. The number of pyridine rings is 1. The van der Waals surface area contributed by atoms with Gasteiger partial charge in [-0.05, 0) is 43.9 Å². The first-order chi connectivity index (χ1) is 13.1. The maximum Gasteiger partial charge on any atom is 0.317 e. The first kappa shape index (κ1) is 19.8. The fourth-order valence-electron chi connectivity index (χ4n) is 4.52. The molecule has 1 saturated carbocycles. The van der Waals surface area contributed by atoms with Crippen molar-refractivity contribution in [1.82, 2.24) is 20.1 Å². The van der Waals surface area contributed by atoms with Crippen LogP contribution in [0.1, 0.15) is 44.7 Å². The molecule has 2 heterocycles. The number of urea groups is 1. The molecule has 1 aliphatic carbocycles. The van der Waals surface area contributed by atoms with E-state index in [1.54, 1.807) is 11.1 Å². The van der Waals surface area contributed by atoms with Gasteiger partial charge in [-0.15, -0.1) is 0 Å². The van der Waals surface area contributed by atoms with Crippen LogP contribution < -0.4 is 5.32 Å². The largest absolute Gasteiger partial charge is 0.334 e. The van der Waals surface area contributed by atoms with Gasteiger partial charge in [0.15, 0.2) is 0 Å². The van der Waals surface area contributed by atoms with Crippen molar-refractivity contribution in [3.05, 3.63) is 30.1 Å². The van der Waals surface area contributed by atoms with Crippen molar-refractivity contribution >= 4 is 11.8 Å². The second-order valence-corrected chi connectivity index (χ2v) is 7.98. The van der Waals surface area contributed by atoms with Gasteiger partial charge in [0.05, 0.1) is 0 Å². The van der Waals surface area contributed by atoms with Gasteiger partial charge in [0, 0.05) is 63.4 Å². The Labute approximate surface area is 162 Å². The van der Waals surface area contributed by atoms with Crippen molar-refractivity contribution < 1.29 is 9.59 Å². The van der Waals surface area contributed by atoms with E-state index in [9.17, 15) is 9.59 Å². The van der Waals surface area contributed by atoms with E-state index in [2.05, 4.69) is 22.1 Å². The molecule has 1 N–H and O–H groups in total. The van der Waals surface area contributed by atoms with Crippen molar-refractivity contribution in [2.24, 2.45) is 5.92 Å². The molecule has 148 valence electrons. The summed E-state index contributed by atoms with van der Waals surface area (Å²) in [6, 6.07) is 6.44. The number of carbonyl (C=O) groups excluding carboxylic acids is 2. The molecule has 1 aromatic rings. The molecule has 6 heteroatoms. The fraction of sp³-hybridized carbons (Fsp3) is 0.667. The number of hydrogen-bond acceptors (Lipinski definition) is 4. The first-order valence-electron chi connectivity index (χ1n) is 10.2. The van der Waals surface area contributed by atoms with E-state index in [1.807, 2.05) is 25.2 Å². The molecule has 1 saturated heterocycles. The average molecular weight is 373 g/mol. The third-order valence-corrected chi connectivity index (χ3v) is 5.88. The number of fused-ring (bicyclic) bond motifs is 1. The number of hydrogen-bond donors (Lipinski definition) is 1. The number of carbonyl (C=O) groups is 2. The highest BCUT2D eigenvalue weighted by Gasteiger charge is 2.39. The number of piperidine rings is 1. The average Bonchev–Trinajstić information content (AvgIpc) is 2.66. The van der Waals surface area contributed by atoms with E-state index in [-0.39, 0.29) is 12.1 Å². The van der Waals surface area contributed by atoms with Gasteiger partial charge in [0.2, 0.25) is 0 Å². The summed E-state index contributed by atoms with van der Waals surface area (Å²) in [5.41, 5.74) is 0.993. The molecule has 2 amide bonds. The predicted octanol–water partition coefficient (Wildman–Crippen LogP) is 2.49. The number of amides is 2. The van der Waals surface area contributed by atoms with Crippen molar-refractivity contribution in [2.75, 3.05) is 26.7 Å². The Balaban J connectivity index is 1.53. The Morgan fingerprint density at radius 3 is 3.00 bits per heavy atom. The van der Waals surface area contributed by atoms with Crippen LogP contribution in [0.5, 0.6) is 0 Å². The number of likely N-dealkylation sites (N-methyl/N-ethyl adjacent to an activating group) is 1. The normalized spacial score (nSPS) is 25.7. The highest BCUT2D eigenvalue weighted by molar-refractivity contribution is 5.79. The van der Waals surface area contributed by atoms with Gasteiger partial charge in [-0.25, -0.2) is 4.79 Å². The molecule has 1 aliphatic heterocycles. The van der Waals surface area contributed by atoms with E-state index in [1.165, 1.54) is 0 Å². The minimum Gasteiger partial charge on any atom is -0.334 e. The zero-order chi connectivity index (χ0) is 19.2. The SMILES string of the molecule is CCCN1C[C@@H](NC(=O)N(C)CCc2ccccn2)C[C@@H]2CC(=O)CC[C@H]21. The quantitative estimate of drug-likeness (QED) is 0.833. The topological polar surface area (TPSA) is 65.5 Å². The van der Waals surface area contributed by atoms with Gasteiger partial charge in [-0.2, -0.15) is 0 Å². The van der Waals surface area contributed by atoms with Crippen LogP contribution in [0.15, 0.2) is 24.4 Å². The van der Waals surface area contributed by atoms with Gasteiger partial charge in [0.25, 0.3) is 0 Å². The number of ketones is 1. The van der Waals surface area contributed by atoms with E-state index in [4.69, 9.17) is 0 Å². The minimum absolute atomic E-state index is 0.0343. The van der Waals surface area contributed by atoms with Crippen LogP contribution in [0.4, 0.5) is 4.79 Å². The molecule has 3 atom stereocenters. The zero-order valence-corrected chi connectivity index (χ0v) is 16.6. The molecule has 0 radical (unpaired) electrons. The third kappa shape index (κ3) is 5.28. The summed E-state index contributed by atoms with van der Waals surface area (Å²) < 4.78 is 0. The van der Waals surface area contributed by atoms with Gasteiger partial charge in [0.1, 0.15) is 5.78 Å². The molecule has 0 unspecified atom stereocenters. The minimum atomic E-state index is -0.0343. The smallest absolute Gasteiger partial charge is 0.317 e. The third-order valence-electron chi connectivity index (χ3n) is 5.88. The van der Waals surface area contributed by atoms with E-state index in [0.717, 1.165) is 44.5 Å². The highest BCUT2D eigenvalue weighted by Crippen LogP contribution is 2.34. The second-order valence-electron chi connectivity index (χ2n) is 7.98. The van der Waals surface area contributed by atoms with Gasteiger partial charge in [-0.3, -0.25) is 14.7 Å². The van der Waals surface area contributed by atoms with E-state index < -0.39 is 0 Å². The van der Waals surface area contributed by atoms with Crippen molar-refractivity contribution in [1.29, 1.82) is 0 Å². The molecule has 2 fully saturated rings. The number of aromatic nitrogens is 1. The lowest BCUT2D eigenvalue weighted by atomic mass is 9.76. The summed E-state index contributed by atoms with van der Waals surface area (Å²) in [6.45, 7) is 4.76. The van der Waals surface area contributed by atoms with Gasteiger partial charge >= 0.3 is 6.03 Å². The standard InChI is InChI=1S/C21H32N4O2/c1-3-11-25-15-18(13-16-14-19(26)7-8-20(16)25)23-21(27)24(2)12-9-17-6-4-5-10-22-17/h4-6,10,16,18,20H,3,7-9,11-15H2,1-2H3,(H,23,27)/t16-,18+,20-/m1/s1. The van der Waals surface area contributed by atoms with Crippen LogP contribution in [-0.2, 0) is 11.2 Å². The molecular formula is C21H32N4O2. The lowest BCUT2D eigenvalue weighted by Gasteiger charge is -2.47. The zero-order valence-electron chi connectivity index (χ0n) is 16.6. The van der Waals surface area contributed by atoms with Crippen LogP contribution in [0.2, 0.25) is 0 Å². The lowest BCUT2D eigenvalue weighted by Crippen LogP contribution is -2.58. The summed E-state index contributed by atoms with van der Waals surface area (Å²) in [7, 11) is 1.83. The molecular weight excluding hydrogens is 340 g/mol. The molecule has 0 bridgehead atoms. The Kier molecular flexibility index (Phi) is 6.83. The van der Waals surface area contributed by atoms with Crippen LogP contribution >= 0.6 is 0 Å². The van der Waals surface area contributed by atoms with Crippen molar-refractivity contribution in [2.45, 2.75) is 57.5 Å². The molecule has 0 aromatic carbocycles. The summed E-state index contributed by atoms with van der Waals surface area (Å²) in [5.74, 6) is 0.767. The summed E-state index contributed by atoms with van der Waals surface area (Å²) in [5, 5.41) is 3.20. The molecule has 3 rings (SSSR count). The number of nitrogens with zero attached hydrogens (tertiary/aromatic N) is 3. The number of nitrogens with one attached hydrogen (secondary N) is 1. The summed E-state index contributed by atoms with van der Waals surface area (Å²) in [6.07, 6.45) is 6.91. The van der Waals surface area contributed by atoms with E-state index in [0.29, 0.717) is 37.1 Å². The number of likely N-dealkylation sites (tertiary alicyclic amines) is 1. The molecule has 2 aliphatic rings. The monoisotopic (exact) mass is 372 g/mol. The van der Waals surface area contributed by atoms with Crippen LogP contribution in [0.3, 0.4) is 0 Å². The second kappa shape index (κ2) is 9.31. The Morgan fingerprint density at radius 1 is 1.41 bits per heavy atom. The first-order valence-corrected chi connectivity index (χ1v) is 10.2. The molecule has 1 aromatic heterocycles. The Morgan fingerprint density at radius 2 is 2.26 bits per heavy atom. The predicted molar refractivity (Wildman–Crippen MR) is 106 cm³/mol. The van der Waals surface area contributed by atoms with Crippen LogP contribution in [0.25, 0.3) is 0 Å². The number of Topliss-reactive ketones (excluding diaryl/α,β-unsaturated/α-hetero) is 1. The van der Waals surface area contributed by atoms with Crippen molar-refractivity contribution in [3.8, 4) is 0 Å². The maximum absolute atomic E-state index is 12.6. The molecule has 27 heavy (non-hydrogen) atoms. The number of rotatable bonds is 6.